The third-order valence-electron chi connectivity index (χ3n) is 3.39. The van der Waals surface area contributed by atoms with E-state index in [0.717, 1.165) is 45.1 Å². The second-order valence-electron chi connectivity index (χ2n) is 4.88. The lowest BCUT2D eigenvalue weighted by molar-refractivity contribution is 0.0377. The zero-order valence-corrected chi connectivity index (χ0v) is 11.4. The molecule has 1 saturated heterocycles. The van der Waals surface area contributed by atoms with Crippen molar-refractivity contribution in [3.63, 3.8) is 0 Å². The molecule has 2 rings (SSSR count). The topological polar surface area (TPSA) is 28.6 Å². The van der Waals surface area contributed by atoms with Crippen molar-refractivity contribution in [2.75, 3.05) is 51.3 Å². The molecule has 1 aliphatic rings. The predicted octanol–water partition coefficient (Wildman–Crippen LogP) is 1.55. The molecule has 0 aliphatic carbocycles. The van der Waals surface area contributed by atoms with Crippen molar-refractivity contribution in [2.24, 2.45) is 0 Å². The van der Waals surface area contributed by atoms with E-state index in [2.05, 4.69) is 34.0 Å². The van der Waals surface area contributed by atoms with Gasteiger partial charge in [-0.15, -0.1) is 0 Å². The van der Waals surface area contributed by atoms with Crippen molar-refractivity contribution in [3.05, 3.63) is 24.0 Å². The van der Waals surface area contributed by atoms with Crippen LogP contribution in [0.2, 0.25) is 0 Å². The van der Waals surface area contributed by atoms with Crippen LogP contribution in [0.25, 0.3) is 0 Å². The van der Waals surface area contributed by atoms with Gasteiger partial charge in [0.25, 0.3) is 0 Å². The number of aryl methyl sites for hydroxylation is 1. The van der Waals surface area contributed by atoms with Crippen molar-refractivity contribution in [2.45, 2.75) is 13.3 Å². The van der Waals surface area contributed by atoms with Crippen molar-refractivity contribution in [1.29, 1.82) is 0 Å². The van der Waals surface area contributed by atoms with Crippen LogP contribution in [-0.2, 0) is 4.74 Å². The Kier molecular flexibility index (Phi) is 4.96. The van der Waals surface area contributed by atoms with Crippen molar-refractivity contribution >= 4 is 5.69 Å². The molecule has 0 atom stereocenters. The van der Waals surface area contributed by atoms with Crippen LogP contribution in [0.4, 0.5) is 5.69 Å². The van der Waals surface area contributed by atoms with E-state index in [1.807, 2.05) is 13.1 Å². The fraction of sp³-hybridized carbons (Fsp3) is 0.643. The minimum absolute atomic E-state index is 0.888. The summed E-state index contributed by atoms with van der Waals surface area (Å²) in [5.74, 6) is 0. The van der Waals surface area contributed by atoms with Crippen LogP contribution in [0.15, 0.2) is 18.3 Å². The van der Waals surface area contributed by atoms with E-state index in [4.69, 9.17) is 4.74 Å². The molecule has 100 valence electrons. The summed E-state index contributed by atoms with van der Waals surface area (Å²) in [4.78, 5) is 9.01. The molecule has 1 aliphatic heterocycles. The van der Waals surface area contributed by atoms with E-state index < -0.39 is 0 Å². The monoisotopic (exact) mass is 249 g/mol. The van der Waals surface area contributed by atoms with Gasteiger partial charge in [-0.05, 0) is 25.5 Å². The maximum absolute atomic E-state index is 5.35. The summed E-state index contributed by atoms with van der Waals surface area (Å²) < 4.78 is 5.35. The van der Waals surface area contributed by atoms with Crippen LogP contribution >= 0.6 is 0 Å². The standard InChI is InChI=1S/C14H23N3O/c1-13-12-14(4-5-15-13)16(2)6-3-7-17-8-10-18-11-9-17/h4-5,12H,3,6-11H2,1-2H3. The van der Waals surface area contributed by atoms with Gasteiger partial charge >= 0.3 is 0 Å². The van der Waals surface area contributed by atoms with Crippen LogP contribution in [0.3, 0.4) is 0 Å². The van der Waals surface area contributed by atoms with E-state index in [-0.39, 0.29) is 0 Å². The summed E-state index contributed by atoms with van der Waals surface area (Å²) in [6.45, 7) is 8.22. The highest BCUT2D eigenvalue weighted by Gasteiger charge is 2.10. The van der Waals surface area contributed by atoms with Gasteiger partial charge in [0, 0.05) is 50.8 Å². The third-order valence-corrected chi connectivity index (χ3v) is 3.39. The summed E-state index contributed by atoms with van der Waals surface area (Å²) in [6, 6.07) is 4.20. The highest BCUT2D eigenvalue weighted by molar-refractivity contribution is 5.45. The molecular weight excluding hydrogens is 226 g/mol. The van der Waals surface area contributed by atoms with Gasteiger partial charge in [0.2, 0.25) is 0 Å². The molecule has 2 heterocycles. The summed E-state index contributed by atoms with van der Waals surface area (Å²) in [5, 5.41) is 0. The minimum atomic E-state index is 0.888. The Bertz CT molecular complexity index is 364. The van der Waals surface area contributed by atoms with Gasteiger partial charge in [0.15, 0.2) is 0 Å². The summed E-state index contributed by atoms with van der Waals surface area (Å²) in [7, 11) is 2.15. The number of ether oxygens (including phenoxy) is 1. The fourth-order valence-corrected chi connectivity index (χ4v) is 2.25. The highest BCUT2D eigenvalue weighted by Crippen LogP contribution is 2.12. The molecule has 0 spiro atoms. The highest BCUT2D eigenvalue weighted by atomic mass is 16.5. The number of hydrogen-bond acceptors (Lipinski definition) is 4. The van der Waals surface area contributed by atoms with Gasteiger partial charge in [0.1, 0.15) is 0 Å². The Morgan fingerprint density at radius 2 is 2.17 bits per heavy atom. The molecule has 0 bridgehead atoms. The van der Waals surface area contributed by atoms with Gasteiger partial charge in [-0.3, -0.25) is 9.88 Å². The Morgan fingerprint density at radius 3 is 2.89 bits per heavy atom. The molecular formula is C14H23N3O. The zero-order valence-electron chi connectivity index (χ0n) is 11.4. The molecule has 1 aromatic rings. The maximum Gasteiger partial charge on any atom is 0.0594 e. The Balaban J connectivity index is 1.72. The molecule has 18 heavy (non-hydrogen) atoms. The number of pyridine rings is 1. The van der Waals surface area contributed by atoms with Crippen LogP contribution in [0, 0.1) is 6.92 Å². The van der Waals surface area contributed by atoms with E-state index >= 15 is 0 Å². The number of hydrogen-bond donors (Lipinski definition) is 0. The number of rotatable bonds is 5. The van der Waals surface area contributed by atoms with Gasteiger partial charge in [-0.2, -0.15) is 0 Å². The largest absolute Gasteiger partial charge is 0.379 e. The lowest BCUT2D eigenvalue weighted by Crippen LogP contribution is -2.37. The number of aromatic nitrogens is 1. The molecule has 1 fully saturated rings. The molecule has 0 aromatic carbocycles. The molecule has 0 amide bonds. The molecule has 4 heteroatoms. The Morgan fingerprint density at radius 1 is 1.39 bits per heavy atom. The second kappa shape index (κ2) is 6.71. The molecule has 0 unspecified atom stereocenters. The van der Waals surface area contributed by atoms with Crippen molar-refractivity contribution in [3.8, 4) is 0 Å². The fourth-order valence-electron chi connectivity index (χ4n) is 2.25. The number of morpholine rings is 1. The second-order valence-corrected chi connectivity index (χ2v) is 4.88. The van der Waals surface area contributed by atoms with Crippen molar-refractivity contribution < 1.29 is 4.74 Å². The van der Waals surface area contributed by atoms with Gasteiger partial charge in [0.05, 0.1) is 13.2 Å². The van der Waals surface area contributed by atoms with Crippen LogP contribution in [0.5, 0.6) is 0 Å². The lowest BCUT2D eigenvalue weighted by atomic mass is 10.3. The maximum atomic E-state index is 5.35. The summed E-state index contributed by atoms with van der Waals surface area (Å²) >= 11 is 0. The average Bonchev–Trinajstić information content (AvgIpc) is 2.40. The van der Waals surface area contributed by atoms with Crippen molar-refractivity contribution in [1.82, 2.24) is 9.88 Å². The van der Waals surface area contributed by atoms with Crippen LogP contribution in [0.1, 0.15) is 12.1 Å². The van der Waals surface area contributed by atoms with E-state index in [0.29, 0.717) is 0 Å². The smallest absolute Gasteiger partial charge is 0.0594 e. The lowest BCUT2D eigenvalue weighted by Gasteiger charge is -2.27. The first-order valence-electron chi connectivity index (χ1n) is 6.69. The Labute approximate surface area is 110 Å². The third kappa shape index (κ3) is 3.96. The summed E-state index contributed by atoms with van der Waals surface area (Å²) in [6.07, 6.45) is 3.07. The van der Waals surface area contributed by atoms with Gasteiger partial charge < -0.3 is 9.64 Å². The predicted molar refractivity (Wildman–Crippen MR) is 74.1 cm³/mol. The minimum Gasteiger partial charge on any atom is -0.379 e. The number of anilines is 1. The SMILES string of the molecule is Cc1cc(N(C)CCCN2CCOCC2)ccn1. The molecule has 1 aromatic heterocycles. The Hall–Kier alpha value is -1.13. The van der Waals surface area contributed by atoms with Crippen LogP contribution < -0.4 is 4.90 Å². The van der Waals surface area contributed by atoms with E-state index in [1.165, 1.54) is 12.1 Å². The summed E-state index contributed by atoms with van der Waals surface area (Å²) in [5.41, 5.74) is 2.33. The quantitative estimate of drug-likeness (QED) is 0.791. The molecule has 4 nitrogen and oxygen atoms in total. The molecule has 0 N–H and O–H groups in total. The first-order chi connectivity index (χ1) is 8.75. The van der Waals surface area contributed by atoms with E-state index in [9.17, 15) is 0 Å². The normalized spacial score (nSPS) is 16.8. The van der Waals surface area contributed by atoms with Gasteiger partial charge in [-0.1, -0.05) is 0 Å². The van der Waals surface area contributed by atoms with Gasteiger partial charge in [-0.25, -0.2) is 0 Å². The zero-order chi connectivity index (χ0) is 12.8. The van der Waals surface area contributed by atoms with Crippen LogP contribution in [-0.4, -0.2) is 56.3 Å². The number of nitrogens with zero attached hydrogens (tertiary/aromatic N) is 3. The first kappa shape index (κ1) is 13.3. The first-order valence-corrected chi connectivity index (χ1v) is 6.69. The molecule has 0 radical (unpaired) electrons. The average molecular weight is 249 g/mol. The van der Waals surface area contributed by atoms with E-state index in [1.54, 1.807) is 0 Å². The molecule has 0 saturated carbocycles.